The Morgan fingerprint density at radius 2 is 1.08 bits per heavy atom. The van der Waals surface area contributed by atoms with E-state index >= 15 is 0 Å². The Kier molecular flexibility index (Phi) is 6.73. The molecule has 0 heterocycles. The van der Waals surface area contributed by atoms with Gasteiger partial charge in [0.25, 0.3) is 0 Å². The van der Waals surface area contributed by atoms with E-state index in [2.05, 4.69) is 0 Å². The highest BCUT2D eigenvalue weighted by Crippen LogP contribution is 2.30. The van der Waals surface area contributed by atoms with Crippen LogP contribution in [0.2, 0.25) is 0 Å². The van der Waals surface area contributed by atoms with Gasteiger partial charge in [-0.3, -0.25) is 19.2 Å². The second-order valence-corrected chi connectivity index (χ2v) is 5.28. The van der Waals surface area contributed by atoms with Crippen LogP contribution in [0.15, 0.2) is 18.2 Å². The average Bonchev–Trinajstić information content (AvgIpc) is 2.43. The number of carboxylic acids is 4. The van der Waals surface area contributed by atoms with Crippen molar-refractivity contribution in [3.05, 3.63) is 23.8 Å². The SMILES string of the molecule is Cc1ccc(N(CC(=O)O)CC(=O)O)c(N(CC(=O)O)CC(=O)O)c1. The van der Waals surface area contributed by atoms with Crippen LogP contribution in [-0.4, -0.2) is 70.5 Å². The first kappa shape index (κ1) is 19.7. The van der Waals surface area contributed by atoms with Gasteiger partial charge >= 0.3 is 23.9 Å². The molecule has 1 rings (SSSR count). The van der Waals surface area contributed by atoms with Crippen molar-refractivity contribution in [2.24, 2.45) is 0 Å². The molecule has 0 aliphatic rings. The van der Waals surface area contributed by atoms with Crippen LogP contribution < -0.4 is 9.80 Å². The number of anilines is 2. The summed E-state index contributed by atoms with van der Waals surface area (Å²) in [5, 5.41) is 36.0. The van der Waals surface area contributed by atoms with Crippen molar-refractivity contribution < 1.29 is 39.6 Å². The molecule has 0 amide bonds. The van der Waals surface area contributed by atoms with Crippen molar-refractivity contribution >= 4 is 35.3 Å². The van der Waals surface area contributed by atoms with Gasteiger partial charge in [-0.2, -0.15) is 0 Å². The molecule has 1 aromatic rings. The number of aliphatic carboxylic acids is 4. The molecule has 1 aromatic carbocycles. The summed E-state index contributed by atoms with van der Waals surface area (Å²) in [6.45, 7) is -0.883. The van der Waals surface area contributed by atoms with E-state index in [0.717, 1.165) is 9.80 Å². The zero-order chi connectivity index (χ0) is 19.1. The van der Waals surface area contributed by atoms with Gasteiger partial charge in [0.2, 0.25) is 0 Å². The molecular formula is C15H18N2O8. The third-order valence-corrected chi connectivity index (χ3v) is 3.12. The summed E-state index contributed by atoms with van der Waals surface area (Å²) < 4.78 is 0. The largest absolute Gasteiger partial charge is 0.480 e. The third-order valence-electron chi connectivity index (χ3n) is 3.12. The molecular weight excluding hydrogens is 336 g/mol. The predicted octanol–water partition coefficient (Wildman–Crippen LogP) is -0.0538. The Morgan fingerprint density at radius 1 is 0.720 bits per heavy atom. The van der Waals surface area contributed by atoms with Crippen LogP contribution in [0.1, 0.15) is 5.56 Å². The Hall–Kier alpha value is -3.30. The number of carbonyl (C=O) groups is 4. The summed E-state index contributed by atoms with van der Waals surface area (Å²) in [5.74, 6) is -5.12. The van der Waals surface area contributed by atoms with Crippen molar-refractivity contribution in [1.82, 2.24) is 0 Å². The second-order valence-electron chi connectivity index (χ2n) is 5.28. The van der Waals surface area contributed by atoms with Crippen molar-refractivity contribution in [2.75, 3.05) is 36.0 Å². The molecule has 10 heteroatoms. The van der Waals surface area contributed by atoms with Gasteiger partial charge in [-0.1, -0.05) is 6.07 Å². The topological polar surface area (TPSA) is 156 Å². The highest BCUT2D eigenvalue weighted by atomic mass is 16.4. The molecule has 10 nitrogen and oxygen atoms in total. The minimum absolute atomic E-state index is 0.123. The van der Waals surface area contributed by atoms with E-state index in [1.54, 1.807) is 13.0 Å². The van der Waals surface area contributed by atoms with Crippen LogP contribution in [0.5, 0.6) is 0 Å². The van der Waals surface area contributed by atoms with Gasteiger partial charge < -0.3 is 30.2 Å². The molecule has 0 saturated carbocycles. The molecule has 0 bridgehead atoms. The number of rotatable bonds is 10. The average molecular weight is 354 g/mol. The van der Waals surface area contributed by atoms with Crippen molar-refractivity contribution in [3.63, 3.8) is 0 Å². The zero-order valence-corrected chi connectivity index (χ0v) is 13.4. The summed E-state index contributed by atoms with van der Waals surface area (Å²) in [6, 6.07) is 4.51. The summed E-state index contributed by atoms with van der Waals surface area (Å²) in [5.41, 5.74) is 0.926. The van der Waals surface area contributed by atoms with E-state index in [9.17, 15) is 19.2 Å². The molecule has 4 N–H and O–H groups in total. The van der Waals surface area contributed by atoms with E-state index in [0.29, 0.717) is 5.56 Å². The molecule has 136 valence electrons. The second kappa shape index (κ2) is 8.52. The molecule has 25 heavy (non-hydrogen) atoms. The van der Waals surface area contributed by atoms with Crippen molar-refractivity contribution in [2.45, 2.75) is 6.92 Å². The third kappa shape index (κ3) is 6.37. The fraction of sp³-hybridized carbons (Fsp3) is 0.333. The normalized spacial score (nSPS) is 10.1. The molecule has 0 aromatic heterocycles. The van der Waals surface area contributed by atoms with Crippen molar-refractivity contribution in [3.8, 4) is 0 Å². The van der Waals surface area contributed by atoms with Crippen LogP contribution in [0.25, 0.3) is 0 Å². The van der Waals surface area contributed by atoms with E-state index in [-0.39, 0.29) is 11.4 Å². The summed E-state index contributed by atoms with van der Waals surface area (Å²) in [7, 11) is 0. The van der Waals surface area contributed by atoms with E-state index < -0.39 is 50.1 Å². The van der Waals surface area contributed by atoms with Gasteiger partial charge in [0.15, 0.2) is 0 Å². The fourth-order valence-corrected chi connectivity index (χ4v) is 2.26. The smallest absolute Gasteiger partial charge is 0.323 e. The Balaban J connectivity index is 3.42. The fourth-order valence-electron chi connectivity index (χ4n) is 2.26. The van der Waals surface area contributed by atoms with Crippen LogP contribution in [-0.2, 0) is 19.2 Å². The minimum atomic E-state index is -1.28. The Bertz CT molecular complexity index is 656. The highest BCUT2D eigenvalue weighted by molar-refractivity contribution is 5.87. The number of nitrogens with zero attached hydrogens (tertiary/aromatic N) is 2. The lowest BCUT2D eigenvalue weighted by Crippen LogP contribution is -2.39. The van der Waals surface area contributed by atoms with E-state index in [1.807, 2.05) is 0 Å². The molecule has 0 spiro atoms. The summed E-state index contributed by atoms with van der Waals surface area (Å²) in [6.07, 6.45) is 0. The Labute approximate surface area is 142 Å². The lowest BCUT2D eigenvalue weighted by Gasteiger charge is -2.29. The number of benzene rings is 1. The number of carboxylic acid groups (broad SMARTS) is 4. The lowest BCUT2D eigenvalue weighted by molar-refractivity contribution is -0.138. The van der Waals surface area contributed by atoms with E-state index in [1.165, 1.54) is 12.1 Å². The minimum Gasteiger partial charge on any atom is -0.480 e. The molecule has 0 aliphatic heterocycles. The van der Waals surface area contributed by atoms with Gasteiger partial charge in [-0.15, -0.1) is 0 Å². The predicted molar refractivity (Wildman–Crippen MR) is 86.1 cm³/mol. The lowest BCUT2D eigenvalue weighted by atomic mass is 10.1. The first-order valence-corrected chi connectivity index (χ1v) is 7.08. The molecule has 0 aliphatic carbocycles. The number of aryl methyl sites for hydroxylation is 1. The maximum absolute atomic E-state index is 11.0. The van der Waals surface area contributed by atoms with Crippen LogP contribution in [0.4, 0.5) is 11.4 Å². The highest BCUT2D eigenvalue weighted by Gasteiger charge is 2.23. The molecule has 0 atom stereocenters. The Morgan fingerprint density at radius 3 is 1.44 bits per heavy atom. The van der Waals surface area contributed by atoms with Crippen LogP contribution in [0.3, 0.4) is 0 Å². The van der Waals surface area contributed by atoms with Crippen LogP contribution >= 0.6 is 0 Å². The van der Waals surface area contributed by atoms with Gasteiger partial charge in [-0.25, -0.2) is 0 Å². The molecule has 0 radical (unpaired) electrons. The number of hydrogen-bond donors (Lipinski definition) is 4. The van der Waals surface area contributed by atoms with Gasteiger partial charge in [0.1, 0.15) is 26.2 Å². The first-order chi connectivity index (χ1) is 11.6. The molecule has 0 fully saturated rings. The quantitative estimate of drug-likeness (QED) is 0.449. The van der Waals surface area contributed by atoms with Gasteiger partial charge in [0, 0.05) is 0 Å². The summed E-state index contributed by atoms with van der Waals surface area (Å²) >= 11 is 0. The van der Waals surface area contributed by atoms with Crippen LogP contribution in [0, 0.1) is 6.92 Å². The maximum Gasteiger partial charge on any atom is 0.323 e. The standard InChI is InChI=1S/C15H18N2O8/c1-9-2-3-10(16(5-12(18)19)6-13(20)21)11(4-9)17(7-14(22)23)8-15(24)25/h2-4H,5-8H2,1H3,(H,18,19)(H,20,21)(H,22,23)(H,24,25). The maximum atomic E-state index is 11.0. The van der Waals surface area contributed by atoms with Crippen molar-refractivity contribution in [1.29, 1.82) is 0 Å². The molecule has 0 unspecified atom stereocenters. The van der Waals surface area contributed by atoms with Gasteiger partial charge in [0.05, 0.1) is 11.4 Å². The zero-order valence-electron chi connectivity index (χ0n) is 13.4. The first-order valence-electron chi connectivity index (χ1n) is 7.08. The monoisotopic (exact) mass is 354 g/mol. The van der Waals surface area contributed by atoms with E-state index in [4.69, 9.17) is 20.4 Å². The summed E-state index contributed by atoms with van der Waals surface area (Å²) in [4.78, 5) is 46.2. The number of hydrogen-bond acceptors (Lipinski definition) is 6. The molecule has 0 saturated heterocycles. The van der Waals surface area contributed by atoms with Gasteiger partial charge in [-0.05, 0) is 24.6 Å².